The van der Waals surface area contributed by atoms with Crippen LogP contribution >= 0.6 is 0 Å². The summed E-state index contributed by atoms with van der Waals surface area (Å²) in [7, 11) is 1.39. The number of hydrogen-bond acceptors (Lipinski definition) is 8. The van der Waals surface area contributed by atoms with Crippen molar-refractivity contribution in [2.24, 2.45) is 39.9 Å². The van der Waals surface area contributed by atoms with Crippen molar-refractivity contribution in [3.05, 3.63) is 35.5 Å². The van der Waals surface area contributed by atoms with E-state index in [-0.39, 0.29) is 23.2 Å². The van der Waals surface area contributed by atoms with Gasteiger partial charge in [-0.15, -0.1) is 0 Å². The summed E-state index contributed by atoms with van der Waals surface area (Å²) in [5, 5.41) is 54.2. The van der Waals surface area contributed by atoms with E-state index >= 15 is 0 Å². The standard InChI is InChI=1S/C37H58O9/c1-19(2)20(3)9-10-21(4)26-17-29(39)37(34(42)43)25-12-11-23-22(5)27(14-15-35(23,6)24(25)13-16-36(26,37)7)45-33-31(41)30(40)32(44-8)28(18-38)46-33/h19,21,23,26-33,38-41H,3,5,9-18H2,1-2,4,6-8H3,(H,42,43)/t21?,23?,26?,27?,28?,29-,30?,31?,32?,33?,35+,36-,37-/m1/s1. The van der Waals surface area contributed by atoms with Gasteiger partial charge in [-0.25, -0.2) is 0 Å². The Hall–Kier alpha value is -1.59. The predicted octanol–water partition coefficient (Wildman–Crippen LogP) is 4.77. The number of hydrogen-bond donors (Lipinski definition) is 5. The number of ether oxygens (including phenoxy) is 3. The summed E-state index contributed by atoms with van der Waals surface area (Å²) in [5.41, 5.74) is 2.01. The zero-order chi connectivity index (χ0) is 33.9. The first-order valence-corrected chi connectivity index (χ1v) is 17.4. The molecule has 0 bridgehead atoms. The molecule has 5 rings (SSSR count). The molecule has 3 fully saturated rings. The van der Waals surface area contributed by atoms with Gasteiger partial charge in [0.1, 0.15) is 29.8 Å². The number of carboxylic acids is 1. The van der Waals surface area contributed by atoms with Crippen molar-refractivity contribution in [3.8, 4) is 0 Å². The molecule has 1 saturated heterocycles. The second-order valence-corrected chi connectivity index (χ2v) is 15.8. The fourth-order valence-corrected chi connectivity index (χ4v) is 10.7. The first-order valence-electron chi connectivity index (χ1n) is 17.4. The summed E-state index contributed by atoms with van der Waals surface area (Å²) < 4.78 is 17.4. The van der Waals surface area contributed by atoms with Crippen molar-refractivity contribution in [2.45, 2.75) is 135 Å². The highest BCUT2D eigenvalue weighted by molar-refractivity contribution is 5.83. The van der Waals surface area contributed by atoms with Crippen molar-refractivity contribution in [1.29, 1.82) is 0 Å². The third-order valence-electron chi connectivity index (χ3n) is 13.5. The van der Waals surface area contributed by atoms with Gasteiger partial charge in [-0.2, -0.15) is 0 Å². The van der Waals surface area contributed by atoms with Gasteiger partial charge >= 0.3 is 5.97 Å². The van der Waals surface area contributed by atoms with Crippen LogP contribution in [0.15, 0.2) is 35.5 Å². The monoisotopic (exact) mass is 646 g/mol. The van der Waals surface area contributed by atoms with Crippen LogP contribution in [0.25, 0.3) is 0 Å². The Balaban J connectivity index is 1.40. The van der Waals surface area contributed by atoms with Gasteiger partial charge in [0, 0.05) is 7.11 Å². The predicted molar refractivity (Wildman–Crippen MR) is 174 cm³/mol. The number of aliphatic hydroxyl groups is 4. The number of carboxylic acid groups (broad SMARTS) is 1. The highest BCUT2D eigenvalue weighted by atomic mass is 16.7. The Morgan fingerprint density at radius 3 is 2.37 bits per heavy atom. The first-order chi connectivity index (χ1) is 21.6. The molecule has 9 nitrogen and oxygen atoms in total. The molecule has 0 spiro atoms. The molecule has 0 amide bonds. The minimum atomic E-state index is -1.36. The largest absolute Gasteiger partial charge is 0.480 e. The number of allylic oxidation sites excluding steroid dienone is 2. The molecule has 0 aromatic carbocycles. The van der Waals surface area contributed by atoms with E-state index in [1.165, 1.54) is 18.3 Å². The third-order valence-corrected chi connectivity index (χ3v) is 13.5. The number of fused-ring (bicyclic) bond motifs is 4. The van der Waals surface area contributed by atoms with Crippen molar-refractivity contribution in [3.63, 3.8) is 0 Å². The summed E-state index contributed by atoms with van der Waals surface area (Å²) in [6, 6.07) is 0. The van der Waals surface area contributed by atoms with Crippen LogP contribution in [0.4, 0.5) is 0 Å². The van der Waals surface area contributed by atoms with Crippen LogP contribution in [-0.2, 0) is 19.0 Å². The Bertz CT molecular complexity index is 1230. The maximum Gasteiger partial charge on any atom is 0.317 e. The molecule has 46 heavy (non-hydrogen) atoms. The second-order valence-electron chi connectivity index (χ2n) is 15.8. The summed E-state index contributed by atoms with van der Waals surface area (Å²) in [6.45, 7) is 19.2. The van der Waals surface area contributed by atoms with Crippen LogP contribution in [0.1, 0.15) is 92.4 Å². The lowest BCUT2D eigenvalue weighted by Crippen LogP contribution is -2.61. The molecule has 13 atom stereocenters. The number of aliphatic carboxylic acids is 1. The van der Waals surface area contributed by atoms with E-state index in [9.17, 15) is 30.3 Å². The van der Waals surface area contributed by atoms with Gasteiger partial charge in [-0.05, 0) is 97.9 Å². The summed E-state index contributed by atoms with van der Waals surface area (Å²) in [5.74, 6) is -0.102. The molecule has 9 unspecified atom stereocenters. The fraction of sp³-hybridized carbons (Fsp3) is 0.811. The van der Waals surface area contributed by atoms with Gasteiger partial charge in [0.15, 0.2) is 6.29 Å². The lowest BCUT2D eigenvalue weighted by atomic mass is 9.45. The Kier molecular flexibility index (Phi) is 10.1. The van der Waals surface area contributed by atoms with E-state index in [1.807, 2.05) is 0 Å². The van der Waals surface area contributed by atoms with E-state index in [1.54, 1.807) is 0 Å². The first kappa shape index (κ1) is 35.7. The van der Waals surface area contributed by atoms with Crippen LogP contribution < -0.4 is 0 Å². The lowest BCUT2D eigenvalue weighted by Gasteiger charge is -2.59. The molecule has 5 N–H and O–H groups in total. The fourth-order valence-electron chi connectivity index (χ4n) is 10.7. The van der Waals surface area contributed by atoms with Crippen LogP contribution in [0.2, 0.25) is 0 Å². The van der Waals surface area contributed by atoms with Crippen molar-refractivity contribution in [2.75, 3.05) is 13.7 Å². The van der Waals surface area contributed by atoms with E-state index in [4.69, 9.17) is 14.2 Å². The maximum atomic E-state index is 13.6. The molecule has 0 aromatic heterocycles. The highest BCUT2D eigenvalue weighted by Crippen LogP contribution is 2.72. The van der Waals surface area contributed by atoms with Gasteiger partial charge in [-0.1, -0.05) is 64.5 Å². The topological polar surface area (TPSA) is 146 Å². The van der Waals surface area contributed by atoms with Crippen LogP contribution in [0, 0.1) is 39.9 Å². The zero-order valence-electron chi connectivity index (χ0n) is 28.7. The molecule has 260 valence electrons. The van der Waals surface area contributed by atoms with Crippen molar-refractivity contribution < 1.29 is 44.5 Å². The van der Waals surface area contributed by atoms with Gasteiger partial charge in [-0.3, -0.25) is 4.79 Å². The summed E-state index contributed by atoms with van der Waals surface area (Å²) in [6.07, 6.45) is -0.457. The normalized spacial score (nSPS) is 44.8. The minimum absolute atomic E-state index is 0.0292. The van der Waals surface area contributed by atoms with Crippen molar-refractivity contribution >= 4 is 5.97 Å². The average molecular weight is 647 g/mol. The number of carbonyl (C=O) groups is 1. The van der Waals surface area contributed by atoms with E-state index < -0.39 is 66.3 Å². The van der Waals surface area contributed by atoms with Crippen molar-refractivity contribution in [1.82, 2.24) is 0 Å². The van der Waals surface area contributed by atoms with Gasteiger partial charge < -0.3 is 39.7 Å². The average Bonchev–Trinajstić information content (AvgIpc) is 3.26. The Labute approximate surface area is 274 Å². The molecule has 4 aliphatic carbocycles. The molecular formula is C37H58O9. The highest BCUT2D eigenvalue weighted by Gasteiger charge is 2.71. The molecule has 0 aromatic rings. The number of methoxy groups -OCH3 is 1. The molecule has 5 aliphatic rings. The molecular weight excluding hydrogens is 588 g/mol. The lowest BCUT2D eigenvalue weighted by molar-refractivity contribution is -0.313. The SMILES string of the molecule is C=C(CCC(C)C1C[C@@H](O)[C@@]2(C(=O)O)C3=C(CC[C@]12C)[C@@]1(C)CCC(OC2OC(CO)C(OC)C(O)C2O)C(=C)C1CC3)C(C)C. The smallest absolute Gasteiger partial charge is 0.317 e. The summed E-state index contributed by atoms with van der Waals surface area (Å²) in [4.78, 5) is 13.6. The van der Waals surface area contributed by atoms with Crippen LogP contribution in [0.3, 0.4) is 0 Å². The zero-order valence-corrected chi connectivity index (χ0v) is 28.7. The summed E-state index contributed by atoms with van der Waals surface area (Å²) >= 11 is 0. The van der Waals surface area contributed by atoms with Crippen LogP contribution in [-0.4, -0.2) is 88.1 Å². The van der Waals surface area contributed by atoms with Gasteiger partial charge in [0.05, 0.1) is 18.8 Å². The quantitative estimate of drug-likeness (QED) is 0.212. The second kappa shape index (κ2) is 13.0. The molecule has 1 aliphatic heterocycles. The number of aliphatic hydroxyl groups excluding tert-OH is 4. The Morgan fingerprint density at radius 2 is 1.76 bits per heavy atom. The van der Waals surface area contributed by atoms with E-state index in [0.717, 1.165) is 36.8 Å². The Morgan fingerprint density at radius 1 is 1.07 bits per heavy atom. The van der Waals surface area contributed by atoms with Gasteiger partial charge in [0.25, 0.3) is 0 Å². The van der Waals surface area contributed by atoms with Gasteiger partial charge in [0.2, 0.25) is 0 Å². The number of rotatable bonds is 10. The minimum Gasteiger partial charge on any atom is -0.480 e. The van der Waals surface area contributed by atoms with E-state index in [2.05, 4.69) is 47.8 Å². The molecule has 9 heteroatoms. The molecule has 0 radical (unpaired) electrons. The molecule has 2 saturated carbocycles. The third kappa shape index (κ3) is 5.28. The maximum absolute atomic E-state index is 13.6. The van der Waals surface area contributed by atoms with E-state index in [0.29, 0.717) is 38.0 Å². The van der Waals surface area contributed by atoms with Crippen LogP contribution in [0.5, 0.6) is 0 Å². The molecule has 1 heterocycles.